The second-order valence-electron chi connectivity index (χ2n) is 6.60. The van der Waals surface area contributed by atoms with Crippen molar-refractivity contribution in [2.75, 3.05) is 0 Å². The first-order valence-electron chi connectivity index (χ1n) is 8.00. The van der Waals surface area contributed by atoms with Crippen molar-refractivity contribution in [3.05, 3.63) is 64.2 Å². The van der Waals surface area contributed by atoms with Gasteiger partial charge in [0.2, 0.25) is 0 Å². The van der Waals surface area contributed by atoms with E-state index in [4.69, 9.17) is 17.0 Å². The van der Waals surface area contributed by atoms with E-state index in [-0.39, 0.29) is 0 Å². The predicted octanol–water partition coefficient (Wildman–Crippen LogP) is 6.99. The Morgan fingerprint density at radius 2 is 1.65 bits per heavy atom. The third kappa shape index (κ3) is 3.13. The number of aryl methyl sites for hydroxylation is 2. The summed E-state index contributed by atoms with van der Waals surface area (Å²) in [5.41, 5.74) is 9.38. The molecule has 0 fully saturated rings. The van der Waals surface area contributed by atoms with Gasteiger partial charge in [0.1, 0.15) is 0 Å². The van der Waals surface area contributed by atoms with Gasteiger partial charge in [-0.15, -0.1) is 0 Å². The van der Waals surface area contributed by atoms with E-state index in [1.54, 1.807) is 0 Å². The van der Waals surface area contributed by atoms with Gasteiger partial charge in [0.15, 0.2) is 0 Å². The molecule has 0 bridgehead atoms. The van der Waals surface area contributed by atoms with Crippen LogP contribution >= 0.6 is 17.0 Å². The molecule has 3 heteroatoms. The first kappa shape index (κ1) is 17.5. The molecule has 2 aromatic carbocycles. The molecule has 0 saturated carbocycles. The summed E-state index contributed by atoms with van der Waals surface area (Å²) >= 11 is -2.43. The van der Waals surface area contributed by atoms with E-state index in [0.29, 0.717) is 9.54 Å². The van der Waals surface area contributed by atoms with Gasteiger partial charge in [-0.3, -0.25) is 0 Å². The Bertz CT molecular complexity index is 775. The molecule has 1 aliphatic carbocycles. The van der Waals surface area contributed by atoms with Crippen LogP contribution in [0.4, 0.5) is 0 Å². The molecule has 0 N–H and O–H groups in total. The zero-order valence-electron chi connectivity index (χ0n) is 14.0. The summed E-state index contributed by atoms with van der Waals surface area (Å²) in [6.07, 6.45) is 2.37. The van der Waals surface area contributed by atoms with Gasteiger partial charge in [-0.2, -0.15) is 0 Å². The van der Waals surface area contributed by atoms with Crippen LogP contribution in [0.15, 0.2) is 42.0 Å². The maximum absolute atomic E-state index is 6.54. The fourth-order valence-corrected chi connectivity index (χ4v) is 9.26. The van der Waals surface area contributed by atoms with Crippen molar-refractivity contribution in [3.8, 4) is 11.1 Å². The normalized spacial score (nSPS) is 16.5. The van der Waals surface area contributed by atoms with Crippen LogP contribution in [0.25, 0.3) is 17.2 Å². The topological polar surface area (TPSA) is 0 Å². The molecule has 3 rings (SSSR count). The van der Waals surface area contributed by atoms with Gasteiger partial charge in [0, 0.05) is 0 Å². The number of halogens is 2. The predicted molar refractivity (Wildman–Crippen MR) is 98.6 cm³/mol. The Morgan fingerprint density at radius 3 is 2.26 bits per heavy atom. The summed E-state index contributed by atoms with van der Waals surface area (Å²) < 4.78 is 0.291. The van der Waals surface area contributed by atoms with Crippen LogP contribution in [0.2, 0.25) is 0 Å². The van der Waals surface area contributed by atoms with E-state index in [0.717, 1.165) is 0 Å². The van der Waals surface area contributed by atoms with Crippen molar-refractivity contribution >= 4 is 23.1 Å². The third-order valence-corrected chi connectivity index (χ3v) is 9.98. The molecule has 1 aliphatic rings. The minimum absolute atomic E-state index is 0.291. The Kier molecular flexibility index (Phi) is 5.22. The monoisotopic (exact) mass is 421 g/mol. The summed E-state index contributed by atoms with van der Waals surface area (Å²) in [5.74, 6) is 0.477. The molecular formula is C20H21Cl2Zr. The Labute approximate surface area is 154 Å². The van der Waals surface area contributed by atoms with Crippen LogP contribution in [0.3, 0.4) is 0 Å². The molecule has 0 nitrogen and oxygen atoms in total. The van der Waals surface area contributed by atoms with Gasteiger partial charge in [-0.05, 0) is 0 Å². The number of hydrogen-bond donors (Lipinski definition) is 0. The van der Waals surface area contributed by atoms with Gasteiger partial charge >= 0.3 is 155 Å². The molecule has 0 radical (unpaired) electrons. The zero-order valence-corrected chi connectivity index (χ0v) is 17.9. The first-order chi connectivity index (χ1) is 10.9. The van der Waals surface area contributed by atoms with E-state index < -0.39 is 19.4 Å². The summed E-state index contributed by atoms with van der Waals surface area (Å²) in [7, 11) is 13.1. The van der Waals surface area contributed by atoms with E-state index in [9.17, 15) is 0 Å². The van der Waals surface area contributed by atoms with Gasteiger partial charge in [-0.25, -0.2) is 0 Å². The molecule has 0 spiro atoms. The van der Waals surface area contributed by atoms with Crippen LogP contribution in [0.1, 0.15) is 39.7 Å². The molecule has 0 aromatic heterocycles. The molecule has 1 unspecified atom stereocenters. The van der Waals surface area contributed by atoms with Gasteiger partial charge in [0.05, 0.1) is 0 Å². The number of fused-ring (bicyclic) bond motifs is 1. The van der Waals surface area contributed by atoms with Crippen LogP contribution in [0, 0.1) is 19.8 Å². The third-order valence-electron chi connectivity index (χ3n) is 4.74. The van der Waals surface area contributed by atoms with E-state index in [2.05, 4.69) is 70.2 Å². The molecule has 0 heterocycles. The molecule has 0 saturated heterocycles. The van der Waals surface area contributed by atoms with Crippen LogP contribution in [-0.2, 0) is 19.4 Å². The van der Waals surface area contributed by atoms with Crippen molar-refractivity contribution in [1.82, 2.24) is 0 Å². The molecule has 0 amide bonds. The minimum atomic E-state index is -2.43. The first-order valence-corrected chi connectivity index (χ1v) is 15.8. The Balaban J connectivity index is 2.28. The van der Waals surface area contributed by atoms with Crippen LogP contribution in [0.5, 0.6) is 0 Å². The number of benzene rings is 2. The van der Waals surface area contributed by atoms with Gasteiger partial charge < -0.3 is 0 Å². The summed E-state index contributed by atoms with van der Waals surface area (Å²) in [6.45, 7) is 8.85. The second-order valence-corrected chi connectivity index (χ2v) is 15.4. The Hall–Kier alpha value is -0.357. The van der Waals surface area contributed by atoms with E-state index >= 15 is 0 Å². The molecule has 1 atom stereocenters. The standard InChI is InChI=1S/C20H21.2ClH.Zr/c1-13(2)17-11-16-10-9-15(4)20(19(16)12-17)18-8-6-5-7-14(18)3;;;/h5-13H,1-4H3;2*1H;/q;;;+2/p-2. The van der Waals surface area contributed by atoms with E-state index in [1.807, 2.05) is 0 Å². The summed E-state index contributed by atoms with van der Waals surface area (Å²) in [5, 5.41) is 0. The fraction of sp³-hybridized carbons (Fsp3) is 0.300. The zero-order chi connectivity index (χ0) is 16.7. The fourth-order valence-electron chi connectivity index (χ4n) is 3.54. The van der Waals surface area contributed by atoms with Crippen LogP contribution < -0.4 is 0 Å². The molecule has 0 aliphatic heterocycles. The summed E-state index contributed by atoms with van der Waals surface area (Å²) in [4.78, 5) is 0. The van der Waals surface area contributed by atoms with Crippen LogP contribution in [-0.4, -0.2) is 0 Å². The number of hydrogen-bond acceptors (Lipinski definition) is 0. The Morgan fingerprint density at radius 1 is 0.957 bits per heavy atom. The maximum atomic E-state index is 6.54. The molecular weight excluding hydrogens is 402 g/mol. The molecule has 2 aromatic rings. The summed E-state index contributed by atoms with van der Waals surface area (Å²) in [6, 6.07) is 13.1. The number of rotatable bonds is 3. The van der Waals surface area contributed by atoms with Crippen molar-refractivity contribution in [2.24, 2.45) is 5.92 Å². The van der Waals surface area contributed by atoms with Crippen molar-refractivity contribution in [2.45, 2.75) is 31.3 Å². The molecule has 23 heavy (non-hydrogen) atoms. The quantitative estimate of drug-likeness (QED) is 0.499. The van der Waals surface area contributed by atoms with Crippen molar-refractivity contribution in [3.63, 3.8) is 0 Å². The van der Waals surface area contributed by atoms with Gasteiger partial charge in [0.25, 0.3) is 0 Å². The van der Waals surface area contributed by atoms with Crippen molar-refractivity contribution in [1.29, 1.82) is 0 Å². The molecule has 119 valence electrons. The SMILES string of the molecule is Cc1ccccc1-c1c(C)ccc2c1C=C(C(C)C)[CH]2[Zr]([Cl])[Cl]. The van der Waals surface area contributed by atoms with E-state index in [1.165, 1.54) is 39.0 Å². The van der Waals surface area contributed by atoms with Crippen molar-refractivity contribution < 1.29 is 19.4 Å². The second kappa shape index (κ2) is 6.87. The average molecular weight is 424 g/mol. The average Bonchev–Trinajstić information content (AvgIpc) is 2.88. The number of allylic oxidation sites excluding steroid dienone is 1. The van der Waals surface area contributed by atoms with Gasteiger partial charge in [-0.1, -0.05) is 0 Å².